The second kappa shape index (κ2) is 6.29. The van der Waals surface area contributed by atoms with Crippen molar-refractivity contribution in [1.82, 2.24) is 5.32 Å². The fraction of sp³-hybridized carbons (Fsp3) is 0.125. The molecular weight excluding hydrogens is 286 g/mol. The second-order valence-electron chi connectivity index (χ2n) is 4.67. The van der Waals surface area contributed by atoms with Gasteiger partial charge in [-0.15, -0.1) is 0 Å². The average Bonchev–Trinajstić information content (AvgIpc) is 2.47. The number of anilines is 1. The molecule has 0 saturated heterocycles. The molecule has 0 aliphatic carbocycles. The maximum Gasteiger partial charge on any atom is 0.253 e. The summed E-state index contributed by atoms with van der Waals surface area (Å²) in [5, 5.41) is 12.0. The molecular formula is C16H14ClN3O. The van der Waals surface area contributed by atoms with Crippen LogP contribution in [0.5, 0.6) is 0 Å². The molecule has 0 saturated carbocycles. The van der Waals surface area contributed by atoms with Gasteiger partial charge in [-0.1, -0.05) is 23.7 Å². The summed E-state index contributed by atoms with van der Waals surface area (Å²) in [6.45, 7) is 1.87. The summed E-state index contributed by atoms with van der Waals surface area (Å²) in [7, 11) is 0. The molecule has 0 aliphatic rings. The molecule has 0 spiro atoms. The lowest BCUT2D eigenvalue weighted by Crippen LogP contribution is -2.26. The van der Waals surface area contributed by atoms with Crippen molar-refractivity contribution in [3.05, 3.63) is 64.2 Å². The van der Waals surface area contributed by atoms with Gasteiger partial charge in [-0.25, -0.2) is 0 Å². The van der Waals surface area contributed by atoms with Crippen LogP contribution >= 0.6 is 11.6 Å². The largest absolute Gasteiger partial charge is 0.399 e. The van der Waals surface area contributed by atoms with Crippen molar-refractivity contribution in [2.24, 2.45) is 0 Å². The number of nitriles is 1. The minimum Gasteiger partial charge on any atom is -0.399 e. The van der Waals surface area contributed by atoms with Crippen LogP contribution in [0.4, 0.5) is 5.69 Å². The molecule has 1 atom stereocenters. The number of carbonyl (C=O) groups excluding carboxylic acids is 1. The van der Waals surface area contributed by atoms with E-state index in [4.69, 9.17) is 22.6 Å². The summed E-state index contributed by atoms with van der Waals surface area (Å²) in [5.74, 6) is -0.267. The van der Waals surface area contributed by atoms with Crippen molar-refractivity contribution in [2.75, 3.05) is 5.73 Å². The number of nitrogens with two attached hydrogens (primary N) is 1. The van der Waals surface area contributed by atoms with Crippen LogP contribution in [0, 0.1) is 11.3 Å². The molecule has 4 nitrogen and oxygen atoms in total. The quantitative estimate of drug-likeness (QED) is 0.854. The van der Waals surface area contributed by atoms with Crippen molar-refractivity contribution >= 4 is 23.2 Å². The molecule has 1 unspecified atom stereocenters. The molecule has 1 amide bonds. The standard InChI is InChI=1S/C16H14ClN3O/c1-10(12-4-2-11(9-18)3-5-12)20-16(21)14-7-6-13(19)8-15(14)17/h2-8,10H,19H2,1H3,(H,20,21). The first kappa shape index (κ1) is 14.9. The topological polar surface area (TPSA) is 78.9 Å². The lowest BCUT2D eigenvalue weighted by molar-refractivity contribution is 0.0940. The van der Waals surface area contributed by atoms with Crippen LogP contribution in [-0.2, 0) is 0 Å². The maximum atomic E-state index is 12.2. The highest BCUT2D eigenvalue weighted by Crippen LogP contribution is 2.20. The molecule has 106 valence electrons. The van der Waals surface area contributed by atoms with E-state index in [0.717, 1.165) is 5.56 Å². The minimum absolute atomic E-state index is 0.195. The molecule has 5 heteroatoms. The first-order chi connectivity index (χ1) is 10.0. The van der Waals surface area contributed by atoms with E-state index in [1.54, 1.807) is 30.3 Å². The SMILES string of the molecule is CC(NC(=O)c1ccc(N)cc1Cl)c1ccc(C#N)cc1. The van der Waals surface area contributed by atoms with Crippen LogP contribution in [0.15, 0.2) is 42.5 Å². The number of halogens is 1. The van der Waals surface area contributed by atoms with E-state index < -0.39 is 0 Å². The molecule has 2 rings (SSSR count). The summed E-state index contributed by atoms with van der Waals surface area (Å²) in [6, 6.07) is 13.7. The molecule has 2 aromatic carbocycles. The Kier molecular flexibility index (Phi) is 4.46. The molecule has 0 radical (unpaired) electrons. The summed E-state index contributed by atoms with van der Waals surface area (Å²) in [5.41, 5.74) is 7.99. The van der Waals surface area contributed by atoms with Crippen LogP contribution in [0.1, 0.15) is 34.5 Å². The predicted molar refractivity (Wildman–Crippen MR) is 82.9 cm³/mol. The second-order valence-corrected chi connectivity index (χ2v) is 5.08. The van der Waals surface area contributed by atoms with Crippen molar-refractivity contribution in [3.63, 3.8) is 0 Å². The zero-order valence-electron chi connectivity index (χ0n) is 11.4. The van der Waals surface area contributed by atoms with Crippen LogP contribution in [-0.4, -0.2) is 5.91 Å². The van der Waals surface area contributed by atoms with Gasteiger partial charge in [0.1, 0.15) is 0 Å². The molecule has 0 aromatic heterocycles. The molecule has 0 bridgehead atoms. The lowest BCUT2D eigenvalue weighted by atomic mass is 10.1. The normalized spacial score (nSPS) is 11.5. The van der Waals surface area contributed by atoms with E-state index in [1.165, 1.54) is 0 Å². The Balaban J connectivity index is 2.13. The van der Waals surface area contributed by atoms with Crippen LogP contribution in [0.2, 0.25) is 5.02 Å². The number of hydrogen-bond donors (Lipinski definition) is 2. The van der Waals surface area contributed by atoms with Gasteiger partial charge in [0, 0.05) is 5.69 Å². The van der Waals surface area contributed by atoms with E-state index in [1.807, 2.05) is 19.1 Å². The Hall–Kier alpha value is -2.51. The number of rotatable bonds is 3. The Labute approximate surface area is 128 Å². The minimum atomic E-state index is -0.267. The smallest absolute Gasteiger partial charge is 0.253 e. The third kappa shape index (κ3) is 3.53. The molecule has 0 heterocycles. The van der Waals surface area contributed by atoms with E-state index in [-0.39, 0.29) is 11.9 Å². The zero-order chi connectivity index (χ0) is 15.4. The van der Waals surface area contributed by atoms with E-state index in [9.17, 15) is 4.79 Å². The first-order valence-electron chi connectivity index (χ1n) is 6.37. The van der Waals surface area contributed by atoms with Gasteiger partial charge in [0.15, 0.2) is 0 Å². The van der Waals surface area contributed by atoms with Gasteiger partial charge in [-0.3, -0.25) is 4.79 Å². The van der Waals surface area contributed by atoms with Crippen molar-refractivity contribution < 1.29 is 4.79 Å². The highest BCUT2D eigenvalue weighted by atomic mass is 35.5. The first-order valence-corrected chi connectivity index (χ1v) is 6.75. The summed E-state index contributed by atoms with van der Waals surface area (Å²) >= 11 is 6.02. The molecule has 21 heavy (non-hydrogen) atoms. The summed E-state index contributed by atoms with van der Waals surface area (Å²) in [4.78, 5) is 12.2. The van der Waals surface area contributed by atoms with E-state index in [2.05, 4.69) is 11.4 Å². The van der Waals surface area contributed by atoms with Crippen LogP contribution in [0.25, 0.3) is 0 Å². The predicted octanol–water partition coefficient (Wildman–Crippen LogP) is 3.28. The number of nitrogens with zero attached hydrogens (tertiary/aromatic N) is 1. The number of carbonyl (C=O) groups is 1. The van der Waals surface area contributed by atoms with Gasteiger partial charge >= 0.3 is 0 Å². The Morgan fingerprint density at radius 2 is 1.95 bits per heavy atom. The number of amides is 1. The van der Waals surface area contributed by atoms with E-state index in [0.29, 0.717) is 21.8 Å². The molecule has 0 fully saturated rings. The monoisotopic (exact) mass is 299 g/mol. The van der Waals surface area contributed by atoms with E-state index >= 15 is 0 Å². The molecule has 0 aliphatic heterocycles. The number of nitrogens with one attached hydrogen (secondary N) is 1. The van der Waals surface area contributed by atoms with Gasteiger partial charge in [0.2, 0.25) is 0 Å². The van der Waals surface area contributed by atoms with Gasteiger partial charge < -0.3 is 11.1 Å². The van der Waals surface area contributed by atoms with Crippen LogP contribution < -0.4 is 11.1 Å². The number of nitrogen functional groups attached to an aromatic ring is 1. The Morgan fingerprint density at radius 3 is 2.52 bits per heavy atom. The third-order valence-corrected chi connectivity index (χ3v) is 3.44. The van der Waals surface area contributed by atoms with Gasteiger partial charge in [0.05, 0.1) is 28.3 Å². The summed E-state index contributed by atoms with van der Waals surface area (Å²) < 4.78 is 0. The lowest BCUT2D eigenvalue weighted by Gasteiger charge is -2.15. The maximum absolute atomic E-state index is 12.2. The fourth-order valence-corrected chi connectivity index (χ4v) is 2.19. The van der Waals surface area contributed by atoms with Crippen molar-refractivity contribution in [3.8, 4) is 6.07 Å². The highest BCUT2D eigenvalue weighted by Gasteiger charge is 2.14. The zero-order valence-corrected chi connectivity index (χ0v) is 12.2. The Morgan fingerprint density at radius 1 is 1.29 bits per heavy atom. The molecule has 3 N–H and O–H groups in total. The van der Waals surface area contributed by atoms with Gasteiger partial charge in [-0.05, 0) is 42.8 Å². The third-order valence-electron chi connectivity index (χ3n) is 3.13. The average molecular weight is 300 g/mol. The number of benzene rings is 2. The van der Waals surface area contributed by atoms with Crippen LogP contribution in [0.3, 0.4) is 0 Å². The summed E-state index contributed by atoms with van der Waals surface area (Å²) in [6.07, 6.45) is 0. The number of hydrogen-bond acceptors (Lipinski definition) is 3. The van der Waals surface area contributed by atoms with Gasteiger partial charge in [-0.2, -0.15) is 5.26 Å². The fourth-order valence-electron chi connectivity index (χ4n) is 1.92. The Bertz CT molecular complexity index is 704. The van der Waals surface area contributed by atoms with Crippen molar-refractivity contribution in [2.45, 2.75) is 13.0 Å². The molecule has 2 aromatic rings. The highest BCUT2D eigenvalue weighted by molar-refractivity contribution is 6.34. The van der Waals surface area contributed by atoms with Gasteiger partial charge in [0.25, 0.3) is 5.91 Å². The van der Waals surface area contributed by atoms with Crippen molar-refractivity contribution in [1.29, 1.82) is 5.26 Å².